The summed E-state index contributed by atoms with van der Waals surface area (Å²) in [7, 11) is 0. The van der Waals surface area contributed by atoms with E-state index in [2.05, 4.69) is 5.32 Å². The first kappa shape index (κ1) is 16.5. The highest BCUT2D eigenvalue weighted by Crippen LogP contribution is 2.33. The minimum Gasteiger partial charge on any atom is -0.319 e. The van der Waals surface area contributed by atoms with E-state index in [0.717, 1.165) is 16.7 Å². The number of rotatable bonds is 4. The van der Waals surface area contributed by atoms with Gasteiger partial charge in [0.25, 0.3) is 5.91 Å². The van der Waals surface area contributed by atoms with Gasteiger partial charge in [-0.2, -0.15) is 0 Å². The molecular formula is C19H19ClN2O2. The Morgan fingerprint density at radius 1 is 1.12 bits per heavy atom. The number of hydrogen-bond acceptors (Lipinski definition) is 2. The number of aryl methyl sites for hydroxylation is 1. The lowest BCUT2D eigenvalue weighted by Gasteiger charge is -2.26. The van der Waals surface area contributed by atoms with Gasteiger partial charge in [-0.3, -0.25) is 9.69 Å². The maximum absolute atomic E-state index is 13.1. The van der Waals surface area contributed by atoms with Crippen molar-refractivity contribution in [1.29, 1.82) is 0 Å². The molecule has 0 aliphatic carbocycles. The van der Waals surface area contributed by atoms with Crippen LogP contribution < -0.4 is 5.32 Å². The topological polar surface area (TPSA) is 49.4 Å². The Balaban J connectivity index is 1.93. The number of halogens is 1. The molecular weight excluding hydrogens is 324 g/mol. The van der Waals surface area contributed by atoms with Crippen LogP contribution in [-0.2, 0) is 16.9 Å². The first-order chi connectivity index (χ1) is 11.5. The SMILES string of the molecule is CCC1(c2ccc(Cl)cc2)NC(=O)N(Cc2cccc(C)c2)C1=O. The Bertz CT molecular complexity index is 788. The predicted molar refractivity (Wildman–Crippen MR) is 93.7 cm³/mol. The second-order valence-electron chi connectivity index (χ2n) is 6.08. The van der Waals surface area contributed by atoms with Crippen LogP contribution in [0.25, 0.3) is 0 Å². The molecule has 3 amide bonds. The number of carbonyl (C=O) groups is 2. The number of nitrogens with one attached hydrogen (secondary N) is 1. The van der Waals surface area contributed by atoms with Crippen LogP contribution in [0.3, 0.4) is 0 Å². The summed E-state index contributed by atoms with van der Waals surface area (Å²) in [6, 6.07) is 14.5. The first-order valence-corrected chi connectivity index (χ1v) is 8.30. The van der Waals surface area contributed by atoms with Gasteiger partial charge in [0.1, 0.15) is 5.54 Å². The van der Waals surface area contributed by atoms with Crippen molar-refractivity contribution in [2.45, 2.75) is 32.4 Å². The molecule has 1 saturated heterocycles. The Hall–Kier alpha value is -2.33. The quantitative estimate of drug-likeness (QED) is 0.853. The average molecular weight is 343 g/mol. The molecule has 5 heteroatoms. The van der Waals surface area contributed by atoms with E-state index in [0.29, 0.717) is 11.4 Å². The van der Waals surface area contributed by atoms with Crippen molar-refractivity contribution in [1.82, 2.24) is 10.2 Å². The van der Waals surface area contributed by atoms with Gasteiger partial charge < -0.3 is 5.32 Å². The molecule has 1 unspecified atom stereocenters. The third-order valence-electron chi connectivity index (χ3n) is 4.47. The van der Waals surface area contributed by atoms with E-state index >= 15 is 0 Å². The number of carbonyl (C=O) groups excluding carboxylic acids is 2. The van der Waals surface area contributed by atoms with Crippen LogP contribution in [0.4, 0.5) is 4.79 Å². The lowest BCUT2D eigenvalue weighted by atomic mass is 9.87. The molecule has 124 valence electrons. The minimum absolute atomic E-state index is 0.223. The Kier molecular flexibility index (Phi) is 4.33. The van der Waals surface area contributed by atoms with Gasteiger partial charge in [-0.1, -0.05) is 60.5 Å². The summed E-state index contributed by atoms with van der Waals surface area (Å²) in [5.74, 6) is -0.223. The number of hydrogen-bond donors (Lipinski definition) is 1. The minimum atomic E-state index is -1.02. The van der Waals surface area contributed by atoms with Gasteiger partial charge in [0, 0.05) is 5.02 Å². The van der Waals surface area contributed by atoms with Crippen molar-refractivity contribution in [3.63, 3.8) is 0 Å². The largest absolute Gasteiger partial charge is 0.325 e. The molecule has 1 atom stereocenters. The van der Waals surface area contributed by atoms with Crippen molar-refractivity contribution in [2.75, 3.05) is 0 Å². The molecule has 1 N–H and O–H groups in total. The number of benzene rings is 2. The molecule has 1 aliphatic heterocycles. The zero-order valence-corrected chi connectivity index (χ0v) is 14.4. The lowest BCUT2D eigenvalue weighted by Crippen LogP contribution is -2.43. The number of urea groups is 1. The predicted octanol–water partition coefficient (Wildman–Crippen LogP) is 4.01. The second-order valence-corrected chi connectivity index (χ2v) is 6.51. The van der Waals surface area contributed by atoms with Crippen molar-refractivity contribution >= 4 is 23.5 Å². The van der Waals surface area contributed by atoms with Crippen LogP contribution in [0.2, 0.25) is 5.02 Å². The third-order valence-corrected chi connectivity index (χ3v) is 4.72. The molecule has 1 fully saturated rings. The zero-order chi connectivity index (χ0) is 17.3. The Labute approximate surface area is 146 Å². The van der Waals surface area contributed by atoms with Crippen molar-refractivity contribution < 1.29 is 9.59 Å². The summed E-state index contributed by atoms with van der Waals surface area (Å²) in [5.41, 5.74) is 1.76. The van der Waals surface area contributed by atoms with E-state index in [-0.39, 0.29) is 18.5 Å². The van der Waals surface area contributed by atoms with Crippen molar-refractivity contribution in [3.05, 3.63) is 70.2 Å². The van der Waals surface area contributed by atoms with E-state index in [1.54, 1.807) is 24.3 Å². The second kappa shape index (κ2) is 6.29. The summed E-state index contributed by atoms with van der Waals surface area (Å²) in [6.45, 7) is 4.14. The van der Waals surface area contributed by atoms with Gasteiger partial charge in [0.15, 0.2) is 0 Å². The molecule has 0 bridgehead atoms. The highest BCUT2D eigenvalue weighted by Gasteiger charge is 2.51. The molecule has 2 aromatic carbocycles. The molecule has 0 aromatic heterocycles. The van der Waals surface area contributed by atoms with E-state index in [1.165, 1.54) is 4.90 Å². The summed E-state index contributed by atoms with van der Waals surface area (Å²) in [4.78, 5) is 26.8. The standard InChI is InChI=1S/C19H19ClN2O2/c1-3-19(15-7-9-16(20)10-8-15)17(23)22(18(24)21-19)12-14-6-4-5-13(2)11-14/h4-11H,3,12H2,1-2H3,(H,21,24). The third kappa shape index (κ3) is 2.78. The molecule has 0 spiro atoms. The fraction of sp³-hybridized carbons (Fsp3) is 0.263. The Morgan fingerprint density at radius 3 is 2.46 bits per heavy atom. The van der Waals surface area contributed by atoms with Crippen LogP contribution in [-0.4, -0.2) is 16.8 Å². The fourth-order valence-corrected chi connectivity index (χ4v) is 3.26. The number of imide groups is 1. The highest BCUT2D eigenvalue weighted by atomic mass is 35.5. The summed E-state index contributed by atoms with van der Waals surface area (Å²) >= 11 is 5.94. The van der Waals surface area contributed by atoms with Gasteiger partial charge in [-0.25, -0.2) is 4.79 Å². The molecule has 2 aromatic rings. The van der Waals surface area contributed by atoms with Crippen molar-refractivity contribution in [2.24, 2.45) is 0 Å². The van der Waals surface area contributed by atoms with Gasteiger partial charge in [0.2, 0.25) is 0 Å². The first-order valence-electron chi connectivity index (χ1n) is 7.92. The zero-order valence-electron chi connectivity index (χ0n) is 13.7. The van der Waals surface area contributed by atoms with Gasteiger partial charge >= 0.3 is 6.03 Å². The highest BCUT2D eigenvalue weighted by molar-refractivity contribution is 6.30. The van der Waals surface area contributed by atoms with Crippen LogP contribution in [0.15, 0.2) is 48.5 Å². The molecule has 3 rings (SSSR count). The molecule has 24 heavy (non-hydrogen) atoms. The van der Waals surface area contributed by atoms with Gasteiger partial charge in [0.05, 0.1) is 6.54 Å². The van der Waals surface area contributed by atoms with Crippen LogP contribution >= 0.6 is 11.6 Å². The molecule has 1 heterocycles. The molecule has 0 saturated carbocycles. The Morgan fingerprint density at radius 2 is 1.83 bits per heavy atom. The van der Waals surface area contributed by atoms with E-state index in [9.17, 15) is 9.59 Å². The van der Waals surface area contributed by atoms with E-state index < -0.39 is 5.54 Å². The monoisotopic (exact) mass is 342 g/mol. The molecule has 1 aliphatic rings. The van der Waals surface area contributed by atoms with Crippen LogP contribution in [0, 0.1) is 6.92 Å². The van der Waals surface area contributed by atoms with Gasteiger partial charge in [-0.05, 0) is 36.6 Å². The maximum Gasteiger partial charge on any atom is 0.325 e. The van der Waals surface area contributed by atoms with Gasteiger partial charge in [-0.15, -0.1) is 0 Å². The smallest absolute Gasteiger partial charge is 0.319 e. The fourth-order valence-electron chi connectivity index (χ4n) is 3.14. The molecule has 0 radical (unpaired) electrons. The maximum atomic E-state index is 13.1. The normalized spacial score (nSPS) is 20.4. The number of amides is 3. The summed E-state index contributed by atoms with van der Waals surface area (Å²) in [5, 5.41) is 3.48. The van der Waals surface area contributed by atoms with Crippen LogP contribution in [0.1, 0.15) is 30.0 Å². The average Bonchev–Trinajstić information content (AvgIpc) is 2.81. The van der Waals surface area contributed by atoms with Crippen LogP contribution in [0.5, 0.6) is 0 Å². The lowest BCUT2D eigenvalue weighted by molar-refractivity contribution is -0.132. The van der Waals surface area contributed by atoms with E-state index in [4.69, 9.17) is 11.6 Å². The van der Waals surface area contributed by atoms with E-state index in [1.807, 2.05) is 38.1 Å². The molecule has 4 nitrogen and oxygen atoms in total. The van der Waals surface area contributed by atoms with Crippen molar-refractivity contribution in [3.8, 4) is 0 Å². The summed E-state index contributed by atoms with van der Waals surface area (Å²) < 4.78 is 0. The number of nitrogens with zero attached hydrogens (tertiary/aromatic N) is 1. The summed E-state index contributed by atoms with van der Waals surface area (Å²) in [6.07, 6.45) is 0.476.